The van der Waals surface area contributed by atoms with Crippen LogP contribution in [0.15, 0.2) is 48.5 Å². The van der Waals surface area contributed by atoms with Crippen molar-refractivity contribution in [1.29, 1.82) is 0 Å². The number of ether oxygens (including phenoxy) is 2. The van der Waals surface area contributed by atoms with E-state index in [-0.39, 0.29) is 17.9 Å². The van der Waals surface area contributed by atoms with Crippen molar-refractivity contribution >= 4 is 23.5 Å². The third kappa shape index (κ3) is 7.21. The average molecular weight is 406 g/mol. The van der Waals surface area contributed by atoms with Crippen LogP contribution in [0.3, 0.4) is 0 Å². The second-order valence-corrected chi connectivity index (χ2v) is 5.82. The first-order valence-electron chi connectivity index (χ1n) is 8.75. The molecular formula is C20H20F2N2O5. The second kappa shape index (κ2) is 10.7. The van der Waals surface area contributed by atoms with Crippen molar-refractivity contribution in [3.05, 3.63) is 59.7 Å². The molecule has 154 valence electrons. The smallest absolute Gasteiger partial charge is 0.387 e. The molecule has 0 fully saturated rings. The van der Waals surface area contributed by atoms with E-state index in [0.29, 0.717) is 5.69 Å². The van der Waals surface area contributed by atoms with Gasteiger partial charge in [-0.1, -0.05) is 31.2 Å². The van der Waals surface area contributed by atoms with Crippen LogP contribution in [0.5, 0.6) is 5.75 Å². The second-order valence-electron chi connectivity index (χ2n) is 5.82. The number of rotatable bonds is 9. The van der Waals surface area contributed by atoms with Crippen LogP contribution in [0.4, 0.5) is 14.5 Å². The maximum absolute atomic E-state index is 12.2. The lowest BCUT2D eigenvalue weighted by Gasteiger charge is -2.10. The van der Waals surface area contributed by atoms with Gasteiger partial charge in [0.1, 0.15) is 5.75 Å². The zero-order valence-electron chi connectivity index (χ0n) is 15.6. The molecule has 0 aromatic heterocycles. The Morgan fingerprint density at radius 2 is 1.79 bits per heavy atom. The Balaban J connectivity index is 1.78. The molecule has 2 N–H and O–H groups in total. The number of amides is 2. The number of benzene rings is 2. The van der Waals surface area contributed by atoms with Crippen molar-refractivity contribution in [3.8, 4) is 5.75 Å². The SMILES string of the molecule is CCc1ccccc1NC(=O)CNC(=O)COC(=O)c1cccc(OC(F)F)c1. The Kier molecular flexibility index (Phi) is 8.08. The van der Waals surface area contributed by atoms with E-state index in [2.05, 4.69) is 15.4 Å². The molecule has 2 amide bonds. The van der Waals surface area contributed by atoms with Crippen molar-refractivity contribution in [2.75, 3.05) is 18.5 Å². The van der Waals surface area contributed by atoms with Crippen molar-refractivity contribution in [2.24, 2.45) is 0 Å². The van der Waals surface area contributed by atoms with Crippen LogP contribution in [0.25, 0.3) is 0 Å². The van der Waals surface area contributed by atoms with Gasteiger partial charge < -0.3 is 20.1 Å². The summed E-state index contributed by atoms with van der Waals surface area (Å²) in [6.45, 7) is -2.00. The van der Waals surface area contributed by atoms with Crippen LogP contribution in [-0.2, 0) is 20.7 Å². The summed E-state index contributed by atoms with van der Waals surface area (Å²) < 4.78 is 33.4. The molecule has 0 spiro atoms. The maximum atomic E-state index is 12.2. The predicted molar refractivity (Wildman–Crippen MR) is 101 cm³/mol. The van der Waals surface area contributed by atoms with Gasteiger partial charge in [0.15, 0.2) is 6.61 Å². The van der Waals surface area contributed by atoms with Gasteiger partial charge in [-0.2, -0.15) is 8.78 Å². The fraction of sp³-hybridized carbons (Fsp3) is 0.250. The molecule has 0 aliphatic heterocycles. The molecule has 0 unspecified atom stereocenters. The highest BCUT2D eigenvalue weighted by molar-refractivity contribution is 5.96. The van der Waals surface area contributed by atoms with Crippen LogP contribution in [-0.4, -0.2) is 37.5 Å². The minimum Gasteiger partial charge on any atom is -0.452 e. The number of nitrogens with one attached hydrogen (secondary N) is 2. The van der Waals surface area contributed by atoms with E-state index in [1.165, 1.54) is 18.2 Å². The van der Waals surface area contributed by atoms with E-state index in [1.807, 2.05) is 19.1 Å². The summed E-state index contributed by atoms with van der Waals surface area (Å²) >= 11 is 0. The fourth-order valence-corrected chi connectivity index (χ4v) is 2.39. The summed E-state index contributed by atoms with van der Waals surface area (Å²) in [5, 5.41) is 5.03. The van der Waals surface area contributed by atoms with Gasteiger partial charge in [0.2, 0.25) is 5.91 Å². The number of aryl methyl sites for hydroxylation is 1. The first-order chi connectivity index (χ1) is 13.9. The molecule has 0 aliphatic carbocycles. The van der Waals surface area contributed by atoms with E-state index in [0.717, 1.165) is 18.1 Å². The van der Waals surface area contributed by atoms with Crippen LogP contribution in [0.1, 0.15) is 22.8 Å². The predicted octanol–water partition coefficient (Wildman–Crippen LogP) is 2.76. The summed E-state index contributed by atoms with van der Waals surface area (Å²) in [5.74, 6) is -2.20. The Bertz CT molecular complexity index is 873. The van der Waals surface area contributed by atoms with Gasteiger partial charge in [-0.25, -0.2) is 4.79 Å². The Hall–Kier alpha value is -3.49. The summed E-state index contributed by atoms with van der Waals surface area (Å²) in [6.07, 6.45) is 0.738. The van der Waals surface area contributed by atoms with Crippen molar-refractivity contribution in [2.45, 2.75) is 20.0 Å². The van der Waals surface area contributed by atoms with Gasteiger partial charge >= 0.3 is 12.6 Å². The van der Waals surface area contributed by atoms with Crippen molar-refractivity contribution < 1.29 is 32.6 Å². The normalized spacial score (nSPS) is 10.3. The third-order valence-corrected chi connectivity index (χ3v) is 3.75. The molecule has 0 aliphatic rings. The first-order valence-corrected chi connectivity index (χ1v) is 8.75. The highest BCUT2D eigenvalue weighted by atomic mass is 19.3. The molecular weight excluding hydrogens is 386 g/mol. The largest absolute Gasteiger partial charge is 0.452 e. The Morgan fingerprint density at radius 3 is 2.52 bits per heavy atom. The van der Waals surface area contributed by atoms with E-state index >= 15 is 0 Å². The van der Waals surface area contributed by atoms with E-state index in [1.54, 1.807) is 12.1 Å². The minimum atomic E-state index is -3.03. The number of carbonyl (C=O) groups is 3. The Morgan fingerprint density at radius 1 is 1.03 bits per heavy atom. The molecule has 2 aromatic rings. The Labute approximate surface area is 166 Å². The molecule has 0 radical (unpaired) electrons. The van der Waals surface area contributed by atoms with Gasteiger partial charge in [0.25, 0.3) is 5.91 Å². The monoisotopic (exact) mass is 406 g/mol. The summed E-state index contributed by atoms with van der Waals surface area (Å²) in [7, 11) is 0. The lowest BCUT2D eigenvalue weighted by Crippen LogP contribution is -2.35. The molecule has 7 nitrogen and oxygen atoms in total. The first kappa shape index (κ1) is 21.8. The van der Waals surface area contributed by atoms with E-state index in [4.69, 9.17) is 4.74 Å². The summed E-state index contributed by atoms with van der Waals surface area (Å²) in [5.41, 5.74) is 1.57. The number of carbonyl (C=O) groups excluding carboxylic acids is 3. The number of alkyl halides is 2. The number of halogens is 2. The van der Waals surface area contributed by atoms with Gasteiger partial charge in [-0.15, -0.1) is 0 Å². The van der Waals surface area contributed by atoms with Crippen molar-refractivity contribution in [1.82, 2.24) is 5.32 Å². The number of para-hydroxylation sites is 1. The van der Waals surface area contributed by atoms with Gasteiger partial charge in [-0.3, -0.25) is 9.59 Å². The molecule has 2 rings (SSSR count). The lowest BCUT2D eigenvalue weighted by molar-refractivity contribution is -0.126. The molecule has 0 bridgehead atoms. The fourth-order valence-electron chi connectivity index (χ4n) is 2.39. The maximum Gasteiger partial charge on any atom is 0.387 e. The van der Waals surface area contributed by atoms with Gasteiger partial charge in [0.05, 0.1) is 12.1 Å². The summed E-state index contributed by atoms with van der Waals surface area (Å²) in [4.78, 5) is 35.7. The van der Waals surface area contributed by atoms with Crippen molar-refractivity contribution in [3.63, 3.8) is 0 Å². The summed E-state index contributed by atoms with van der Waals surface area (Å²) in [6, 6.07) is 12.3. The van der Waals surface area contributed by atoms with Crippen LogP contribution in [0, 0.1) is 0 Å². The van der Waals surface area contributed by atoms with Crippen LogP contribution in [0.2, 0.25) is 0 Å². The molecule has 2 aromatic carbocycles. The standard InChI is InChI=1S/C20H20F2N2O5/c1-2-13-6-3-4-9-16(13)24-17(25)11-23-18(26)12-28-19(27)14-7-5-8-15(10-14)29-20(21)22/h3-10,20H,2,11-12H2,1H3,(H,23,26)(H,24,25). The third-order valence-electron chi connectivity index (χ3n) is 3.75. The molecule has 29 heavy (non-hydrogen) atoms. The zero-order chi connectivity index (χ0) is 21.2. The van der Waals surface area contributed by atoms with Gasteiger partial charge in [0, 0.05) is 5.69 Å². The quantitative estimate of drug-likeness (QED) is 0.625. The molecule has 0 heterocycles. The molecule has 0 saturated carbocycles. The van der Waals surface area contributed by atoms with Crippen LogP contribution < -0.4 is 15.4 Å². The lowest BCUT2D eigenvalue weighted by atomic mass is 10.1. The number of hydrogen-bond donors (Lipinski definition) is 2. The van der Waals surface area contributed by atoms with Gasteiger partial charge in [-0.05, 0) is 36.2 Å². The number of anilines is 1. The molecule has 9 heteroatoms. The van der Waals surface area contributed by atoms with E-state index < -0.39 is 31.0 Å². The molecule has 0 atom stereocenters. The molecule has 0 saturated heterocycles. The topological polar surface area (TPSA) is 93.7 Å². The highest BCUT2D eigenvalue weighted by Gasteiger charge is 2.13. The number of hydrogen-bond acceptors (Lipinski definition) is 5. The minimum absolute atomic E-state index is 0.0511. The van der Waals surface area contributed by atoms with E-state index in [9.17, 15) is 23.2 Å². The zero-order valence-corrected chi connectivity index (χ0v) is 15.6. The number of esters is 1. The van der Waals surface area contributed by atoms with Crippen LogP contribution >= 0.6 is 0 Å². The highest BCUT2D eigenvalue weighted by Crippen LogP contribution is 2.17. The average Bonchev–Trinajstić information content (AvgIpc) is 2.70.